The molecule has 5 atom stereocenters. The van der Waals surface area contributed by atoms with Gasteiger partial charge in [0.15, 0.2) is 0 Å². The van der Waals surface area contributed by atoms with E-state index in [1.54, 1.807) is 0 Å². The van der Waals surface area contributed by atoms with E-state index in [9.17, 15) is 36.7 Å². The van der Waals surface area contributed by atoms with E-state index in [2.05, 4.69) is 9.44 Å². The molecule has 12 nitrogen and oxygen atoms in total. The Kier molecular flexibility index (Phi) is 12.6. The van der Waals surface area contributed by atoms with Gasteiger partial charge >= 0.3 is 51.4 Å². The molecule has 1 aliphatic heterocycles. The first kappa shape index (κ1) is 28.1. The largest absolute Gasteiger partial charge is 1.00 e. The van der Waals surface area contributed by atoms with Gasteiger partial charge in [0.05, 0.1) is 12.4 Å². The number of rotatable bonds is 8. The molecule has 4 N–H and O–H groups in total. The van der Waals surface area contributed by atoms with E-state index < -0.39 is 56.7 Å². The van der Waals surface area contributed by atoms with Crippen LogP contribution in [0.3, 0.4) is 0 Å². The Hall–Kier alpha value is 1.12. The Morgan fingerprint density at radius 3 is 2.26 bits per heavy atom. The molecule has 5 unspecified atom stereocenters. The number of sulfone groups is 1. The molecule has 0 aromatic carbocycles. The van der Waals surface area contributed by atoms with Crippen molar-refractivity contribution < 1.29 is 102 Å². The minimum Gasteiger partial charge on any atom is -0.714 e. The average Bonchev–Trinajstić information content (AvgIpc) is 2.50. The quantitative estimate of drug-likeness (QED) is 0.0644. The smallest absolute Gasteiger partial charge is 0.714 e. The molecule has 0 spiro atoms. The Bertz CT molecular complexity index is 696. The maximum Gasteiger partial charge on any atom is 1.00 e. The second kappa shape index (κ2) is 12.1. The Morgan fingerprint density at radius 1 is 1.19 bits per heavy atom. The molecule has 0 saturated carbocycles. The SMILES string of the molecule is CS(=O)(=O)CCC/C(=N/OS(=O)(=O)[O-])SC1OC(CO)C(O)C(O)C1O.[K+]. The van der Waals surface area contributed by atoms with Gasteiger partial charge in [-0.2, -0.15) is 8.42 Å². The third-order valence-corrected chi connectivity index (χ3v) is 5.70. The molecule has 0 bridgehead atoms. The Labute approximate surface area is 203 Å². The second-order valence-corrected chi connectivity index (χ2v) is 9.91. The van der Waals surface area contributed by atoms with Crippen LogP contribution in [0.4, 0.5) is 0 Å². The predicted octanol–water partition coefficient (Wildman–Crippen LogP) is -5.86. The molecule has 0 aromatic rings. The second-order valence-electron chi connectivity index (χ2n) is 5.52. The minimum atomic E-state index is -5.16. The van der Waals surface area contributed by atoms with Crippen LogP contribution in [0.2, 0.25) is 0 Å². The fourth-order valence-electron chi connectivity index (χ4n) is 2.00. The summed E-state index contributed by atoms with van der Waals surface area (Å²) in [5.74, 6) is -0.259. The summed E-state index contributed by atoms with van der Waals surface area (Å²) in [6.07, 6.45) is -5.23. The van der Waals surface area contributed by atoms with E-state index in [4.69, 9.17) is 9.84 Å². The van der Waals surface area contributed by atoms with Gasteiger partial charge < -0.3 is 29.7 Å². The van der Waals surface area contributed by atoms with Gasteiger partial charge in [-0.3, -0.25) is 4.28 Å². The first-order chi connectivity index (χ1) is 11.8. The van der Waals surface area contributed by atoms with E-state index in [0.29, 0.717) is 11.8 Å². The third-order valence-electron chi connectivity index (χ3n) is 3.24. The molecule has 16 heteroatoms. The van der Waals surface area contributed by atoms with Crippen LogP contribution < -0.4 is 51.4 Å². The first-order valence-corrected chi connectivity index (χ1v) is 11.5. The van der Waals surface area contributed by atoms with Gasteiger partial charge in [-0.05, 0) is 6.42 Å². The Balaban J connectivity index is 0.00000676. The van der Waals surface area contributed by atoms with Crippen molar-refractivity contribution in [2.45, 2.75) is 42.7 Å². The summed E-state index contributed by atoms with van der Waals surface area (Å²) in [6, 6.07) is 0. The Morgan fingerprint density at radius 2 is 1.78 bits per heavy atom. The van der Waals surface area contributed by atoms with Crippen LogP contribution in [0.1, 0.15) is 12.8 Å². The topological polar surface area (TPSA) is 203 Å². The van der Waals surface area contributed by atoms with E-state index in [0.717, 1.165) is 6.26 Å². The summed E-state index contributed by atoms with van der Waals surface area (Å²) in [5, 5.41) is 41.4. The van der Waals surface area contributed by atoms with Crippen LogP contribution >= 0.6 is 11.8 Å². The van der Waals surface area contributed by atoms with Crippen LogP contribution in [0.5, 0.6) is 0 Å². The number of aliphatic hydroxyl groups is 4. The van der Waals surface area contributed by atoms with E-state index in [1.165, 1.54) is 0 Å². The van der Waals surface area contributed by atoms with Gasteiger partial charge in [0.25, 0.3) is 10.4 Å². The zero-order valence-corrected chi connectivity index (χ0v) is 20.1. The summed E-state index contributed by atoms with van der Waals surface area (Å²) in [6.45, 7) is -0.673. The van der Waals surface area contributed by atoms with Crippen molar-refractivity contribution in [3.63, 3.8) is 0 Å². The molecule has 0 amide bonds. The normalized spacial score (nSPS) is 29.9. The number of hydrogen-bond donors (Lipinski definition) is 4. The van der Waals surface area contributed by atoms with Crippen molar-refractivity contribution in [3.8, 4) is 0 Å². The van der Waals surface area contributed by atoms with Crippen LogP contribution in [0, 0.1) is 0 Å². The van der Waals surface area contributed by atoms with Crippen molar-refractivity contribution >= 4 is 37.0 Å². The molecular weight excluding hydrogens is 457 g/mol. The van der Waals surface area contributed by atoms with Gasteiger partial charge in [0.1, 0.15) is 44.7 Å². The van der Waals surface area contributed by atoms with Crippen LogP contribution in [0.25, 0.3) is 0 Å². The molecule has 27 heavy (non-hydrogen) atoms. The van der Waals surface area contributed by atoms with E-state index >= 15 is 0 Å². The van der Waals surface area contributed by atoms with Crippen LogP contribution in [0.15, 0.2) is 5.16 Å². The van der Waals surface area contributed by atoms with Gasteiger partial charge in [0, 0.05) is 12.7 Å². The summed E-state index contributed by atoms with van der Waals surface area (Å²) in [4.78, 5) is 0. The summed E-state index contributed by atoms with van der Waals surface area (Å²) in [5.41, 5.74) is -1.29. The number of aliphatic hydroxyl groups excluding tert-OH is 4. The van der Waals surface area contributed by atoms with E-state index in [1.807, 2.05) is 0 Å². The zero-order chi connectivity index (χ0) is 20.1. The maximum absolute atomic E-state index is 11.2. The number of nitrogens with zero attached hydrogens (tertiary/aromatic N) is 1. The molecule has 1 fully saturated rings. The maximum atomic E-state index is 11.2. The summed E-state index contributed by atoms with van der Waals surface area (Å²) in [7, 11) is -8.47. The average molecular weight is 478 g/mol. The number of thioether (sulfide) groups is 1. The fraction of sp³-hybridized carbons (Fsp3) is 0.909. The molecule has 0 aromatic heterocycles. The fourth-order valence-corrected chi connectivity index (χ4v) is 4.00. The molecule has 0 aliphatic carbocycles. The molecule has 1 saturated heterocycles. The van der Waals surface area contributed by atoms with E-state index in [-0.39, 0.29) is 75.0 Å². The third kappa shape index (κ3) is 10.6. The van der Waals surface area contributed by atoms with Crippen molar-refractivity contribution in [2.75, 3.05) is 18.6 Å². The zero-order valence-electron chi connectivity index (χ0n) is 14.5. The summed E-state index contributed by atoms with van der Waals surface area (Å²) < 4.78 is 62.9. The molecule has 0 radical (unpaired) electrons. The monoisotopic (exact) mass is 477 g/mol. The summed E-state index contributed by atoms with van der Waals surface area (Å²) >= 11 is 0.562. The molecule has 1 aliphatic rings. The molecule has 154 valence electrons. The molecule has 1 heterocycles. The predicted molar refractivity (Wildman–Crippen MR) is 88.5 cm³/mol. The molecule has 1 rings (SSSR count). The van der Waals surface area contributed by atoms with Crippen molar-refractivity contribution in [1.29, 1.82) is 0 Å². The number of oxime groups is 1. The van der Waals surface area contributed by atoms with Crippen molar-refractivity contribution in [3.05, 3.63) is 0 Å². The standard InChI is InChI=1S/C11H21NO11S3.K/c1-25(17,18)4-2-3-7(12-23-26(19,20)21)24-11-10(16)9(15)8(14)6(5-13)22-11;/h6,8-11,13-16H,2-5H2,1H3,(H,19,20,21);/q;+1/p-1/b12-7-;. The van der Waals surface area contributed by atoms with Crippen molar-refractivity contribution in [1.82, 2.24) is 0 Å². The van der Waals surface area contributed by atoms with Gasteiger partial charge in [-0.15, -0.1) is 0 Å². The van der Waals surface area contributed by atoms with Gasteiger partial charge in [0.2, 0.25) is 0 Å². The number of ether oxygens (including phenoxy) is 1. The number of hydrogen-bond acceptors (Lipinski definition) is 13. The first-order valence-electron chi connectivity index (χ1n) is 7.20. The van der Waals surface area contributed by atoms with Crippen molar-refractivity contribution in [2.24, 2.45) is 5.16 Å². The minimum absolute atomic E-state index is 0. The van der Waals surface area contributed by atoms with Crippen LogP contribution in [-0.4, -0.2) is 95.3 Å². The van der Waals surface area contributed by atoms with Gasteiger partial charge in [-0.1, -0.05) is 16.9 Å². The van der Waals surface area contributed by atoms with Gasteiger partial charge in [-0.25, -0.2) is 8.42 Å². The molecular formula is C11H20KNO11S3. The van der Waals surface area contributed by atoms with Crippen LogP contribution in [-0.2, 0) is 29.3 Å².